The summed E-state index contributed by atoms with van der Waals surface area (Å²) in [5.74, 6) is 0.824. The summed E-state index contributed by atoms with van der Waals surface area (Å²) in [5, 5.41) is 10.3. The second-order valence-corrected chi connectivity index (χ2v) is 2.93. The minimum absolute atomic E-state index is 0.665. The van der Waals surface area contributed by atoms with Crippen LogP contribution in [0.3, 0.4) is 0 Å². The molecule has 0 radical (unpaired) electrons. The van der Waals surface area contributed by atoms with Crippen molar-refractivity contribution in [3.05, 3.63) is 17.8 Å². The van der Waals surface area contributed by atoms with E-state index < -0.39 is 0 Å². The van der Waals surface area contributed by atoms with Gasteiger partial charge in [-0.2, -0.15) is 22.9 Å². The van der Waals surface area contributed by atoms with Gasteiger partial charge in [-0.3, -0.25) is 0 Å². The molecule has 0 fully saturated rings. The fraction of sp³-hybridized carbons (Fsp3) is 0.286. The van der Waals surface area contributed by atoms with E-state index in [4.69, 9.17) is 0 Å². The van der Waals surface area contributed by atoms with Gasteiger partial charge in [0, 0.05) is 6.20 Å². The molecule has 5 heteroatoms. The van der Waals surface area contributed by atoms with Crippen LogP contribution >= 0.6 is 12.6 Å². The van der Waals surface area contributed by atoms with Crippen molar-refractivity contribution in [3.8, 4) is 0 Å². The standard InChI is InChI=1S/C7H8N4S/c12-2-1-5-3-6-7(8-4-5)10-11-9-6/h3-4,12H,1-2H2,(H,8,9,10,11). The molecule has 0 saturated carbocycles. The van der Waals surface area contributed by atoms with Crippen LogP contribution in [0.2, 0.25) is 0 Å². The van der Waals surface area contributed by atoms with Crippen molar-refractivity contribution in [2.24, 2.45) is 0 Å². The second-order valence-electron chi connectivity index (χ2n) is 2.48. The molecule has 2 heterocycles. The van der Waals surface area contributed by atoms with Gasteiger partial charge in [0.25, 0.3) is 0 Å². The average molecular weight is 180 g/mol. The number of hydrogen-bond donors (Lipinski definition) is 2. The smallest absolute Gasteiger partial charge is 0.201 e. The molecule has 0 aliphatic rings. The molecule has 0 saturated heterocycles. The van der Waals surface area contributed by atoms with Crippen molar-refractivity contribution in [2.75, 3.05) is 5.75 Å². The van der Waals surface area contributed by atoms with E-state index >= 15 is 0 Å². The summed E-state index contributed by atoms with van der Waals surface area (Å²) in [7, 11) is 0. The van der Waals surface area contributed by atoms with E-state index in [2.05, 4.69) is 33.0 Å². The largest absolute Gasteiger partial charge is 0.233 e. The number of hydrogen-bond acceptors (Lipinski definition) is 4. The highest BCUT2D eigenvalue weighted by atomic mass is 32.1. The van der Waals surface area contributed by atoms with E-state index in [1.54, 1.807) is 6.20 Å². The molecule has 62 valence electrons. The molecule has 0 unspecified atom stereocenters. The molecule has 2 rings (SSSR count). The van der Waals surface area contributed by atoms with Gasteiger partial charge in [-0.05, 0) is 23.8 Å². The van der Waals surface area contributed by atoms with Crippen molar-refractivity contribution >= 4 is 23.8 Å². The molecule has 12 heavy (non-hydrogen) atoms. The maximum Gasteiger partial charge on any atom is 0.201 e. The van der Waals surface area contributed by atoms with Crippen molar-refractivity contribution in [1.82, 2.24) is 20.4 Å². The summed E-state index contributed by atoms with van der Waals surface area (Å²) in [6.45, 7) is 0. The van der Waals surface area contributed by atoms with Crippen LogP contribution in [0.25, 0.3) is 11.2 Å². The number of thiol groups is 1. The van der Waals surface area contributed by atoms with Gasteiger partial charge in [-0.25, -0.2) is 4.98 Å². The molecule has 2 aromatic rings. The quantitative estimate of drug-likeness (QED) is 0.673. The molecule has 0 spiro atoms. The van der Waals surface area contributed by atoms with Gasteiger partial charge in [0.05, 0.1) is 0 Å². The first-order valence-corrected chi connectivity index (χ1v) is 4.29. The summed E-state index contributed by atoms with van der Waals surface area (Å²) < 4.78 is 0. The van der Waals surface area contributed by atoms with E-state index in [1.165, 1.54) is 0 Å². The zero-order valence-corrected chi connectivity index (χ0v) is 7.25. The number of H-pyrrole nitrogens is 1. The maximum absolute atomic E-state index is 4.14. The van der Waals surface area contributed by atoms with Crippen molar-refractivity contribution in [1.29, 1.82) is 0 Å². The topological polar surface area (TPSA) is 54.5 Å². The highest BCUT2D eigenvalue weighted by Crippen LogP contribution is 2.07. The number of nitrogens with zero attached hydrogens (tertiary/aromatic N) is 3. The van der Waals surface area contributed by atoms with E-state index in [1.807, 2.05) is 6.07 Å². The predicted molar refractivity (Wildman–Crippen MR) is 49.2 cm³/mol. The molecular weight excluding hydrogens is 172 g/mol. The lowest BCUT2D eigenvalue weighted by Crippen LogP contribution is -1.87. The Labute approximate surface area is 74.8 Å². The molecule has 4 nitrogen and oxygen atoms in total. The van der Waals surface area contributed by atoms with Gasteiger partial charge in [0.15, 0.2) is 0 Å². The third-order valence-corrected chi connectivity index (χ3v) is 1.85. The van der Waals surface area contributed by atoms with Crippen molar-refractivity contribution < 1.29 is 0 Å². The first-order valence-electron chi connectivity index (χ1n) is 3.66. The molecule has 0 aromatic carbocycles. The van der Waals surface area contributed by atoms with Crippen LogP contribution in [0.4, 0.5) is 0 Å². The monoisotopic (exact) mass is 180 g/mol. The molecular formula is C7H8N4S. The first-order chi connectivity index (χ1) is 5.90. The van der Waals surface area contributed by atoms with Crippen LogP contribution in [-0.2, 0) is 6.42 Å². The number of aromatic nitrogens is 4. The van der Waals surface area contributed by atoms with Crippen molar-refractivity contribution in [3.63, 3.8) is 0 Å². The van der Waals surface area contributed by atoms with E-state index in [0.717, 1.165) is 23.3 Å². The molecule has 1 N–H and O–H groups in total. The Morgan fingerprint density at radius 1 is 1.42 bits per heavy atom. The number of pyridine rings is 1. The highest BCUT2D eigenvalue weighted by Gasteiger charge is 1.99. The minimum atomic E-state index is 0.665. The Morgan fingerprint density at radius 3 is 3.17 bits per heavy atom. The van der Waals surface area contributed by atoms with Crippen LogP contribution < -0.4 is 0 Å². The molecule has 2 aromatic heterocycles. The highest BCUT2D eigenvalue weighted by molar-refractivity contribution is 7.80. The average Bonchev–Trinajstić information content (AvgIpc) is 2.51. The minimum Gasteiger partial charge on any atom is -0.233 e. The normalized spacial score (nSPS) is 10.8. The van der Waals surface area contributed by atoms with Gasteiger partial charge in [0.1, 0.15) is 5.52 Å². The summed E-state index contributed by atoms with van der Waals surface area (Å²) in [5.41, 5.74) is 2.62. The van der Waals surface area contributed by atoms with Crippen molar-refractivity contribution in [2.45, 2.75) is 6.42 Å². The maximum atomic E-state index is 4.14. The summed E-state index contributed by atoms with van der Waals surface area (Å²) in [6, 6.07) is 1.97. The lowest BCUT2D eigenvalue weighted by atomic mass is 10.2. The van der Waals surface area contributed by atoms with Gasteiger partial charge < -0.3 is 0 Å². The van der Waals surface area contributed by atoms with Crippen LogP contribution in [0.5, 0.6) is 0 Å². The Balaban J connectivity index is 2.46. The van der Waals surface area contributed by atoms with Gasteiger partial charge in [-0.1, -0.05) is 0 Å². The van der Waals surface area contributed by atoms with Crippen LogP contribution in [-0.4, -0.2) is 26.1 Å². The van der Waals surface area contributed by atoms with Crippen LogP contribution in [0.15, 0.2) is 12.3 Å². The summed E-state index contributed by atoms with van der Waals surface area (Å²) in [4.78, 5) is 4.12. The van der Waals surface area contributed by atoms with E-state index in [0.29, 0.717) is 5.65 Å². The van der Waals surface area contributed by atoms with Crippen LogP contribution in [0.1, 0.15) is 5.56 Å². The number of aromatic amines is 1. The Hall–Kier alpha value is -1.10. The fourth-order valence-corrected chi connectivity index (χ4v) is 1.31. The predicted octanol–water partition coefficient (Wildman–Crippen LogP) is 0.825. The first kappa shape index (κ1) is 7.54. The number of nitrogens with one attached hydrogen (secondary N) is 1. The third kappa shape index (κ3) is 1.27. The molecule has 0 aliphatic carbocycles. The lowest BCUT2D eigenvalue weighted by Gasteiger charge is -1.94. The number of fused-ring (bicyclic) bond motifs is 1. The Bertz CT molecular complexity index is 384. The zero-order valence-electron chi connectivity index (χ0n) is 6.36. The fourth-order valence-electron chi connectivity index (χ4n) is 1.05. The summed E-state index contributed by atoms with van der Waals surface area (Å²) in [6.07, 6.45) is 2.72. The second kappa shape index (κ2) is 3.10. The molecule has 0 aliphatic heterocycles. The lowest BCUT2D eigenvalue weighted by molar-refractivity contribution is 0.954. The van der Waals surface area contributed by atoms with Gasteiger partial charge in [0.2, 0.25) is 5.65 Å². The number of aryl methyl sites for hydroxylation is 1. The number of rotatable bonds is 2. The third-order valence-electron chi connectivity index (χ3n) is 1.63. The van der Waals surface area contributed by atoms with Crippen LogP contribution in [0, 0.1) is 0 Å². The van der Waals surface area contributed by atoms with E-state index in [9.17, 15) is 0 Å². The molecule has 0 bridgehead atoms. The SMILES string of the molecule is SCCc1cnc2n[nH]nc2c1. The van der Waals surface area contributed by atoms with Gasteiger partial charge >= 0.3 is 0 Å². The zero-order chi connectivity index (χ0) is 8.39. The molecule has 0 atom stereocenters. The van der Waals surface area contributed by atoms with Gasteiger partial charge in [-0.15, -0.1) is 5.10 Å². The Kier molecular flexibility index (Phi) is 1.95. The Morgan fingerprint density at radius 2 is 2.33 bits per heavy atom. The summed E-state index contributed by atoms with van der Waals surface area (Å²) >= 11 is 4.14. The van der Waals surface area contributed by atoms with E-state index in [-0.39, 0.29) is 0 Å². The molecule has 0 amide bonds.